The molecule has 0 aliphatic heterocycles. The minimum Gasteiger partial charge on any atom is -0.378 e. The molecule has 0 saturated heterocycles. The Morgan fingerprint density at radius 3 is 2.95 bits per heavy atom. The van der Waals surface area contributed by atoms with E-state index in [0.717, 1.165) is 5.75 Å². The Morgan fingerprint density at radius 2 is 2.21 bits per heavy atom. The van der Waals surface area contributed by atoms with Crippen molar-refractivity contribution in [2.45, 2.75) is 24.4 Å². The summed E-state index contributed by atoms with van der Waals surface area (Å²) in [5.74, 6) is 0.779. The lowest BCUT2D eigenvalue weighted by Gasteiger charge is -2.04. The number of aromatic nitrogens is 2. The Labute approximate surface area is 116 Å². The zero-order chi connectivity index (χ0) is 13.7. The fourth-order valence-electron chi connectivity index (χ4n) is 1.73. The Bertz CT molecular complexity index is 610. The molecule has 0 unspecified atom stereocenters. The van der Waals surface area contributed by atoms with Gasteiger partial charge in [0, 0.05) is 18.9 Å². The molecule has 0 aliphatic carbocycles. The van der Waals surface area contributed by atoms with Gasteiger partial charge in [-0.05, 0) is 12.5 Å². The first-order valence-electron chi connectivity index (χ1n) is 5.95. The van der Waals surface area contributed by atoms with Crippen LogP contribution in [-0.4, -0.2) is 17.1 Å². The standard InChI is InChI=1S/C14H16N2O2S/c1-10-4-3-5-11(6-10)9-19-14-15-12(8-18-2)7-13(17)16-14/h3-7H,8-9H2,1-2H3,(H,15,16,17). The van der Waals surface area contributed by atoms with Crippen LogP contribution in [0.5, 0.6) is 0 Å². The van der Waals surface area contributed by atoms with Gasteiger partial charge in [0.05, 0.1) is 12.3 Å². The zero-order valence-electron chi connectivity index (χ0n) is 11.0. The van der Waals surface area contributed by atoms with Gasteiger partial charge in [-0.25, -0.2) is 4.98 Å². The topological polar surface area (TPSA) is 55.0 Å². The second-order valence-electron chi connectivity index (χ2n) is 4.25. The fraction of sp³-hybridized carbons (Fsp3) is 0.286. The van der Waals surface area contributed by atoms with E-state index < -0.39 is 0 Å². The number of ether oxygens (including phenoxy) is 1. The number of nitrogens with one attached hydrogen (secondary N) is 1. The number of aromatic amines is 1. The molecule has 0 amide bonds. The summed E-state index contributed by atoms with van der Waals surface area (Å²) in [5, 5.41) is 0.626. The van der Waals surface area contributed by atoms with Crippen LogP contribution in [0.15, 0.2) is 40.3 Å². The third-order valence-electron chi connectivity index (χ3n) is 2.52. The van der Waals surface area contributed by atoms with Gasteiger partial charge in [-0.2, -0.15) is 0 Å². The predicted molar refractivity (Wildman–Crippen MR) is 76.3 cm³/mol. The average Bonchev–Trinajstić information content (AvgIpc) is 2.36. The first-order valence-corrected chi connectivity index (χ1v) is 6.93. The van der Waals surface area contributed by atoms with Gasteiger partial charge in [-0.3, -0.25) is 4.79 Å². The van der Waals surface area contributed by atoms with Crippen molar-refractivity contribution in [1.82, 2.24) is 9.97 Å². The number of aryl methyl sites for hydroxylation is 1. The number of H-pyrrole nitrogens is 1. The van der Waals surface area contributed by atoms with Gasteiger partial charge in [-0.15, -0.1) is 0 Å². The van der Waals surface area contributed by atoms with Crippen molar-refractivity contribution < 1.29 is 4.74 Å². The molecule has 0 radical (unpaired) electrons. The van der Waals surface area contributed by atoms with Crippen LogP contribution >= 0.6 is 11.8 Å². The molecule has 19 heavy (non-hydrogen) atoms. The molecule has 100 valence electrons. The highest BCUT2D eigenvalue weighted by molar-refractivity contribution is 7.98. The van der Waals surface area contributed by atoms with Crippen molar-refractivity contribution in [1.29, 1.82) is 0 Å². The van der Waals surface area contributed by atoms with Crippen LogP contribution in [-0.2, 0) is 17.1 Å². The number of thioether (sulfide) groups is 1. The number of hydrogen-bond donors (Lipinski definition) is 1. The van der Waals surface area contributed by atoms with E-state index in [1.807, 2.05) is 6.07 Å². The molecule has 2 aromatic rings. The Balaban J connectivity index is 2.09. The lowest BCUT2D eigenvalue weighted by molar-refractivity contribution is 0.180. The van der Waals surface area contributed by atoms with Gasteiger partial charge < -0.3 is 9.72 Å². The van der Waals surface area contributed by atoms with Gasteiger partial charge in [0.25, 0.3) is 5.56 Å². The smallest absolute Gasteiger partial charge is 0.251 e. The van der Waals surface area contributed by atoms with Gasteiger partial charge >= 0.3 is 0 Å². The molecule has 1 heterocycles. The normalized spacial score (nSPS) is 10.6. The second kappa shape index (κ2) is 6.54. The minimum atomic E-state index is -0.145. The third kappa shape index (κ3) is 4.22. The summed E-state index contributed by atoms with van der Waals surface area (Å²) < 4.78 is 4.99. The maximum Gasteiger partial charge on any atom is 0.251 e. The predicted octanol–water partition coefficient (Wildman–Crippen LogP) is 2.52. The van der Waals surface area contributed by atoms with E-state index in [1.54, 1.807) is 7.11 Å². The number of rotatable bonds is 5. The van der Waals surface area contributed by atoms with Crippen LogP contribution in [0.25, 0.3) is 0 Å². The maximum absolute atomic E-state index is 11.5. The molecular formula is C14H16N2O2S. The quantitative estimate of drug-likeness (QED) is 0.673. The van der Waals surface area contributed by atoms with Crippen LogP contribution < -0.4 is 5.56 Å². The van der Waals surface area contributed by atoms with E-state index >= 15 is 0 Å². The summed E-state index contributed by atoms with van der Waals surface area (Å²) in [6, 6.07) is 9.75. The first kappa shape index (κ1) is 13.8. The maximum atomic E-state index is 11.5. The molecule has 2 rings (SSSR count). The largest absolute Gasteiger partial charge is 0.378 e. The molecule has 0 aliphatic rings. The summed E-state index contributed by atoms with van der Waals surface area (Å²) in [6.07, 6.45) is 0. The van der Waals surface area contributed by atoms with Crippen molar-refractivity contribution >= 4 is 11.8 Å². The lowest BCUT2D eigenvalue weighted by Crippen LogP contribution is -2.10. The Hall–Kier alpha value is -1.59. The van der Waals surface area contributed by atoms with E-state index in [2.05, 4.69) is 35.1 Å². The molecule has 0 saturated carbocycles. The second-order valence-corrected chi connectivity index (χ2v) is 5.22. The number of nitrogens with zero attached hydrogens (tertiary/aromatic N) is 1. The van der Waals surface area contributed by atoms with Crippen LogP contribution in [0.4, 0.5) is 0 Å². The van der Waals surface area contributed by atoms with Crippen LogP contribution in [0.2, 0.25) is 0 Å². The molecule has 1 aromatic carbocycles. The summed E-state index contributed by atoms with van der Waals surface area (Å²) in [7, 11) is 1.59. The van der Waals surface area contributed by atoms with Crippen molar-refractivity contribution in [2.75, 3.05) is 7.11 Å². The molecule has 0 spiro atoms. The molecule has 0 fully saturated rings. The van der Waals surface area contributed by atoms with Gasteiger partial charge in [0.1, 0.15) is 0 Å². The summed E-state index contributed by atoms with van der Waals surface area (Å²) in [6.45, 7) is 2.41. The van der Waals surface area contributed by atoms with Gasteiger partial charge in [0.2, 0.25) is 0 Å². The van der Waals surface area contributed by atoms with Crippen LogP contribution in [0.3, 0.4) is 0 Å². The molecular weight excluding hydrogens is 260 g/mol. The molecule has 0 atom stereocenters. The van der Waals surface area contributed by atoms with Gasteiger partial charge in [-0.1, -0.05) is 41.6 Å². The molecule has 1 aromatic heterocycles. The molecule has 4 nitrogen and oxygen atoms in total. The highest BCUT2D eigenvalue weighted by atomic mass is 32.2. The number of benzene rings is 1. The summed E-state index contributed by atoms with van der Waals surface area (Å²) in [4.78, 5) is 18.6. The lowest BCUT2D eigenvalue weighted by atomic mass is 10.2. The number of methoxy groups -OCH3 is 1. The zero-order valence-corrected chi connectivity index (χ0v) is 11.8. The molecule has 0 bridgehead atoms. The van der Waals surface area contributed by atoms with Crippen molar-refractivity contribution in [2.24, 2.45) is 0 Å². The highest BCUT2D eigenvalue weighted by Crippen LogP contribution is 2.19. The number of hydrogen-bond acceptors (Lipinski definition) is 4. The molecule has 5 heteroatoms. The van der Waals surface area contributed by atoms with E-state index in [1.165, 1.54) is 29.0 Å². The highest BCUT2D eigenvalue weighted by Gasteiger charge is 2.03. The Kier molecular flexibility index (Phi) is 4.76. The Morgan fingerprint density at radius 1 is 1.37 bits per heavy atom. The SMILES string of the molecule is COCc1cc(=O)[nH]c(SCc2cccc(C)c2)n1. The van der Waals surface area contributed by atoms with Crippen LogP contribution in [0, 0.1) is 6.92 Å². The van der Waals surface area contributed by atoms with Crippen molar-refractivity contribution in [3.05, 3.63) is 57.5 Å². The van der Waals surface area contributed by atoms with E-state index in [0.29, 0.717) is 17.5 Å². The van der Waals surface area contributed by atoms with E-state index in [4.69, 9.17) is 4.74 Å². The minimum absolute atomic E-state index is 0.145. The monoisotopic (exact) mass is 276 g/mol. The van der Waals surface area contributed by atoms with E-state index in [9.17, 15) is 4.79 Å². The van der Waals surface area contributed by atoms with Crippen molar-refractivity contribution in [3.63, 3.8) is 0 Å². The first-order chi connectivity index (χ1) is 9.17. The van der Waals surface area contributed by atoms with E-state index in [-0.39, 0.29) is 5.56 Å². The van der Waals surface area contributed by atoms with Gasteiger partial charge in [0.15, 0.2) is 5.16 Å². The average molecular weight is 276 g/mol. The molecule has 1 N–H and O–H groups in total. The van der Waals surface area contributed by atoms with Crippen molar-refractivity contribution in [3.8, 4) is 0 Å². The summed E-state index contributed by atoms with van der Waals surface area (Å²) in [5.41, 5.74) is 2.95. The third-order valence-corrected chi connectivity index (χ3v) is 3.47. The fourth-order valence-corrected chi connectivity index (χ4v) is 2.56. The van der Waals surface area contributed by atoms with Crippen LogP contribution in [0.1, 0.15) is 16.8 Å². The summed E-state index contributed by atoms with van der Waals surface area (Å²) >= 11 is 1.51.